The van der Waals surface area contributed by atoms with Crippen molar-refractivity contribution in [3.63, 3.8) is 0 Å². The van der Waals surface area contributed by atoms with Crippen LogP contribution in [0.2, 0.25) is 0 Å². The molecular formula is C13H16N2O2. The molecule has 0 amide bonds. The third-order valence-corrected chi connectivity index (χ3v) is 3.02. The zero-order valence-corrected chi connectivity index (χ0v) is 10.3. The standard InChI is InChI=1S/C13H16N2O2/c1-13(2,12(16)17)15(3)9-11-7-5-4-6-10(11)8-14/h4-7H,9H2,1-3H3,(H,16,17). The van der Waals surface area contributed by atoms with E-state index >= 15 is 0 Å². The van der Waals surface area contributed by atoms with Crippen molar-refractivity contribution in [3.8, 4) is 6.07 Å². The molecule has 1 aromatic rings. The van der Waals surface area contributed by atoms with Gasteiger partial charge in [0.25, 0.3) is 0 Å². The van der Waals surface area contributed by atoms with Gasteiger partial charge in [-0.15, -0.1) is 0 Å². The summed E-state index contributed by atoms with van der Waals surface area (Å²) < 4.78 is 0. The van der Waals surface area contributed by atoms with Gasteiger partial charge in [-0.1, -0.05) is 18.2 Å². The van der Waals surface area contributed by atoms with Crippen molar-refractivity contribution in [3.05, 3.63) is 35.4 Å². The van der Waals surface area contributed by atoms with E-state index in [0.29, 0.717) is 12.1 Å². The Morgan fingerprint density at radius 1 is 1.47 bits per heavy atom. The first-order valence-corrected chi connectivity index (χ1v) is 5.32. The van der Waals surface area contributed by atoms with Crippen LogP contribution in [0.3, 0.4) is 0 Å². The first-order valence-electron chi connectivity index (χ1n) is 5.32. The van der Waals surface area contributed by atoms with Gasteiger partial charge in [0.1, 0.15) is 5.54 Å². The summed E-state index contributed by atoms with van der Waals surface area (Å²) >= 11 is 0. The maximum atomic E-state index is 11.1. The predicted octanol–water partition coefficient (Wildman–Crippen LogP) is 1.85. The summed E-state index contributed by atoms with van der Waals surface area (Å²) in [4.78, 5) is 12.8. The number of nitrogens with zero attached hydrogens (tertiary/aromatic N) is 2. The first-order chi connectivity index (χ1) is 7.89. The van der Waals surface area contributed by atoms with Crippen molar-refractivity contribution in [1.29, 1.82) is 5.26 Å². The summed E-state index contributed by atoms with van der Waals surface area (Å²) in [6.45, 7) is 3.72. The van der Waals surface area contributed by atoms with Gasteiger partial charge in [0.05, 0.1) is 11.6 Å². The number of likely N-dealkylation sites (N-methyl/N-ethyl adjacent to an activating group) is 1. The highest BCUT2D eigenvalue weighted by atomic mass is 16.4. The molecule has 0 aliphatic heterocycles. The highest BCUT2D eigenvalue weighted by molar-refractivity contribution is 5.77. The van der Waals surface area contributed by atoms with E-state index in [9.17, 15) is 4.79 Å². The number of hydrogen-bond acceptors (Lipinski definition) is 3. The van der Waals surface area contributed by atoms with Crippen molar-refractivity contribution >= 4 is 5.97 Å². The average Bonchev–Trinajstić information content (AvgIpc) is 2.29. The second-order valence-corrected chi connectivity index (χ2v) is 4.49. The Balaban J connectivity index is 2.93. The highest BCUT2D eigenvalue weighted by Gasteiger charge is 2.32. The van der Waals surface area contributed by atoms with Crippen LogP contribution in [0.4, 0.5) is 0 Å². The molecule has 0 saturated carbocycles. The number of carboxylic acid groups (broad SMARTS) is 1. The number of carboxylic acids is 1. The molecule has 1 rings (SSSR count). The minimum Gasteiger partial charge on any atom is -0.480 e. The van der Waals surface area contributed by atoms with Crippen LogP contribution in [0, 0.1) is 11.3 Å². The van der Waals surface area contributed by atoms with Crippen LogP contribution in [0.5, 0.6) is 0 Å². The number of hydrogen-bond donors (Lipinski definition) is 1. The molecule has 17 heavy (non-hydrogen) atoms. The van der Waals surface area contributed by atoms with Crippen molar-refractivity contribution in [2.75, 3.05) is 7.05 Å². The lowest BCUT2D eigenvalue weighted by Gasteiger charge is -2.31. The average molecular weight is 232 g/mol. The number of rotatable bonds is 4. The maximum absolute atomic E-state index is 11.1. The number of nitriles is 1. The van der Waals surface area contributed by atoms with E-state index in [1.165, 1.54) is 0 Å². The van der Waals surface area contributed by atoms with E-state index in [4.69, 9.17) is 10.4 Å². The molecule has 0 saturated heterocycles. The van der Waals surface area contributed by atoms with Gasteiger partial charge in [0.15, 0.2) is 0 Å². The van der Waals surface area contributed by atoms with Crippen LogP contribution in [0.1, 0.15) is 25.0 Å². The second kappa shape index (κ2) is 4.98. The van der Waals surface area contributed by atoms with Gasteiger partial charge in [-0.25, -0.2) is 0 Å². The fourth-order valence-electron chi connectivity index (χ4n) is 1.38. The lowest BCUT2D eigenvalue weighted by Crippen LogP contribution is -2.47. The van der Waals surface area contributed by atoms with E-state index in [2.05, 4.69) is 6.07 Å². The van der Waals surface area contributed by atoms with E-state index in [-0.39, 0.29) is 0 Å². The molecule has 0 spiro atoms. The molecule has 0 unspecified atom stereocenters. The molecule has 0 aromatic heterocycles. The third kappa shape index (κ3) is 2.83. The molecule has 0 fully saturated rings. The number of carbonyl (C=O) groups is 1. The zero-order valence-electron chi connectivity index (χ0n) is 10.3. The Morgan fingerprint density at radius 3 is 2.59 bits per heavy atom. The largest absolute Gasteiger partial charge is 0.480 e. The fraction of sp³-hybridized carbons (Fsp3) is 0.385. The van der Waals surface area contributed by atoms with E-state index in [0.717, 1.165) is 5.56 Å². The molecule has 0 aliphatic carbocycles. The number of benzene rings is 1. The number of aliphatic carboxylic acids is 1. The molecule has 0 heterocycles. The van der Waals surface area contributed by atoms with E-state index < -0.39 is 11.5 Å². The lowest BCUT2D eigenvalue weighted by atomic mass is 10.0. The van der Waals surface area contributed by atoms with Gasteiger partial charge in [-0.05, 0) is 32.5 Å². The first kappa shape index (κ1) is 13.2. The fourth-order valence-corrected chi connectivity index (χ4v) is 1.38. The van der Waals surface area contributed by atoms with Gasteiger partial charge >= 0.3 is 5.97 Å². The van der Waals surface area contributed by atoms with Crippen molar-refractivity contribution < 1.29 is 9.90 Å². The Kier molecular flexibility index (Phi) is 3.87. The molecule has 1 aromatic carbocycles. The Hall–Kier alpha value is -1.86. The second-order valence-electron chi connectivity index (χ2n) is 4.49. The van der Waals surface area contributed by atoms with Gasteiger partial charge in [0.2, 0.25) is 0 Å². The SMILES string of the molecule is CN(Cc1ccccc1C#N)C(C)(C)C(=O)O. The molecule has 0 bridgehead atoms. The quantitative estimate of drug-likeness (QED) is 0.860. The molecule has 1 N–H and O–H groups in total. The van der Waals surface area contributed by atoms with Gasteiger partial charge < -0.3 is 5.11 Å². The monoisotopic (exact) mass is 232 g/mol. The highest BCUT2D eigenvalue weighted by Crippen LogP contribution is 2.18. The van der Waals surface area contributed by atoms with Crippen molar-refractivity contribution in [2.45, 2.75) is 25.9 Å². The Morgan fingerprint density at radius 2 is 2.06 bits per heavy atom. The third-order valence-electron chi connectivity index (χ3n) is 3.02. The van der Waals surface area contributed by atoms with Crippen LogP contribution < -0.4 is 0 Å². The van der Waals surface area contributed by atoms with Crippen LogP contribution in [-0.2, 0) is 11.3 Å². The van der Waals surface area contributed by atoms with Gasteiger partial charge in [0, 0.05) is 6.54 Å². The minimum atomic E-state index is -0.956. The Bertz CT molecular complexity index is 461. The summed E-state index contributed by atoms with van der Waals surface area (Å²) in [5.41, 5.74) is 0.468. The summed E-state index contributed by atoms with van der Waals surface area (Å²) in [6, 6.07) is 9.32. The Labute approximate surface area is 101 Å². The smallest absolute Gasteiger partial charge is 0.323 e. The molecule has 0 atom stereocenters. The maximum Gasteiger partial charge on any atom is 0.323 e. The topological polar surface area (TPSA) is 64.3 Å². The summed E-state index contributed by atoms with van der Waals surface area (Å²) in [6.07, 6.45) is 0. The van der Waals surface area contributed by atoms with Gasteiger partial charge in [-0.2, -0.15) is 5.26 Å². The van der Waals surface area contributed by atoms with E-state index in [1.54, 1.807) is 37.9 Å². The normalized spacial score (nSPS) is 11.2. The molecular weight excluding hydrogens is 216 g/mol. The minimum absolute atomic E-state index is 0.434. The van der Waals surface area contributed by atoms with E-state index in [1.807, 2.05) is 12.1 Å². The van der Waals surface area contributed by atoms with Crippen LogP contribution in [0.25, 0.3) is 0 Å². The van der Waals surface area contributed by atoms with Crippen LogP contribution >= 0.6 is 0 Å². The molecule has 90 valence electrons. The van der Waals surface area contributed by atoms with Crippen LogP contribution in [-0.4, -0.2) is 28.6 Å². The summed E-state index contributed by atoms with van der Waals surface area (Å²) in [5, 5.41) is 18.1. The summed E-state index contributed by atoms with van der Waals surface area (Å²) in [7, 11) is 1.74. The van der Waals surface area contributed by atoms with Crippen molar-refractivity contribution in [2.24, 2.45) is 0 Å². The lowest BCUT2D eigenvalue weighted by molar-refractivity contribution is -0.148. The van der Waals surface area contributed by atoms with Gasteiger partial charge in [-0.3, -0.25) is 9.69 Å². The molecule has 0 aliphatic rings. The van der Waals surface area contributed by atoms with Crippen LogP contribution in [0.15, 0.2) is 24.3 Å². The molecule has 4 nitrogen and oxygen atoms in total. The molecule has 4 heteroatoms. The summed E-state index contributed by atoms with van der Waals surface area (Å²) in [5.74, 6) is -0.880. The predicted molar refractivity (Wildman–Crippen MR) is 64.3 cm³/mol. The zero-order chi connectivity index (χ0) is 13.1. The molecule has 0 radical (unpaired) electrons. The van der Waals surface area contributed by atoms with Crippen molar-refractivity contribution in [1.82, 2.24) is 4.90 Å².